The number of rotatable bonds is 4. The number of anilines is 2. The second kappa shape index (κ2) is 9.07. The molecule has 2 aromatic rings. The fourth-order valence-corrected chi connectivity index (χ4v) is 3.22. The number of hydrogen-bond donors (Lipinski definition) is 3. The average molecular weight is 428 g/mol. The Morgan fingerprint density at radius 3 is 2.19 bits per heavy atom. The van der Waals surface area contributed by atoms with Gasteiger partial charge in [-0.25, -0.2) is 9.59 Å². The molecule has 2 heterocycles. The van der Waals surface area contributed by atoms with Crippen LogP contribution in [0.25, 0.3) is 0 Å². The minimum absolute atomic E-state index is 0.0294. The zero-order valence-corrected chi connectivity index (χ0v) is 16.6. The predicted molar refractivity (Wildman–Crippen MR) is 112 cm³/mol. The van der Waals surface area contributed by atoms with E-state index in [0.29, 0.717) is 25.3 Å². The summed E-state index contributed by atoms with van der Waals surface area (Å²) in [5.41, 5.74) is 2.98. The molecule has 4 rings (SSSR count). The van der Waals surface area contributed by atoms with Crippen molar-refractivity contribution < 1.29 is 19.4 Å². The van der Waals surface area contributed by atoms with Crippen LogP contribution in [0.2, 0.25) is 0 Å². The third-order valence-corrected chi connectivity index (χ3v) is 4.67. The normalized spacial score (nSPS) is 14.0. The Balaban J connectivity index is 0.000000179. The van der Waals surface area contributed by atoms with E-state index in [0.717, 1.165) is 23.2 Å². The van der Waals surface area contributed by atoms with Crippen molar-refractivity contribution in [2.75, 3.05) is 16.8 Å². The summed E-state index contributed by atoms with van der Waals surface area (Å²) in [6.45, 7) is 3.25. The van der Waals surface area contributed by atoms with Crippen molar-refractivity contribution in [2.45, 2.75) is 26.4 Å². The van der Waals surface area contributed by atoms with Crippen LogP contribution in [-0.2, 0) is 13.1 Å². The van der Waals surface area contributed by atoms with Crippen LogP contribution in [-0.4, -0.2) is 28.5 Å². The minimum atomic E-state index is -0.462. The molecule has 162 valence electrons. The Hall–Kier alpha value is -4.22. The molecule has 2 aromatic carbocycles. The third-order valence-electron chi connectivity index (χ3n) is 4.67. The number of urea groups is 2. The average Bonchev–Trinajstić information content (AvgIpc) is 2.75. The lowest BCUT2D eigenvalue weighted by Crippen LogP contribution is -2.44. The number of nitrogens with one attached hydrogen (secondary N) is 3. The van der Waals surface area contributed by atoms with Crippen molar-refractivity contribution in [2.24, 2.45) is 0 Å². The van der Waals surface area contributed by atoms with Gasteiger partial charge in [0.05, 0.1) is 15.5 Å². The van der Waals surface area contributed by atoms with Crippen molar-refractivity contribution in [3.8, 4) is 0 Å². The lowest BCUT2D eigenvalue weighted by molar-refractivity contribution is -0.385. The molecule has 2 aliphatic heterocycles. The summed E-state index contributed by atoms with van der Waals surface area (Å²) in [6, 6.07) is 8.50. The van der Waals surface area contributed by atoms with Gasteiger partial charge in [-0.3, -0.25) is 25.1 Å². The molecule has 0 spiro atoms. The van der Waals surface area contributed by atoms with Crippen LogP contribution < -0.4 is 20.9 Å². The number of non-ortho nitro benzene ring substituents is 2. The molecule has 2 aliphatic rings. The highest BCUT2D eigenvalue weighted by atomic mass is 16.6. The SMILES string of the molecule is CCCN1C(=O)NCc2cc([N+](=O)[O-])ccc21.O=C1NCc2cc([N+](=O)[O-])ccc2N1. The van der Waals surface area contributed by atoms with Crippen LogP contribution in [0.15, 0.2) is 36.4 Å². The number of nitro benzene ring substituents is 2. The number of carbonyl (C=O) groups excluding carboxylic acids is 2. The van der Waals surface area contributed by atoms with Gasteiger partial charge >= 0.3 is 12.1 Å². The van der Waals surface area contributed by atoms with Crippen molar-refractivity contribution in [3.63, 3.8) is 0 Å². The van der Waals surface area contributed by atoms with Gasteiger partial charge < -0.3 is 16.0 Å². The van der Waals surface area contributed by atoms with Gasteiger partial charge in [0, 0.05) is 60.7 Å². The second-order valence-electron chi connectivity index (χ2n) is 6.79. The first-order valence-corrected chi connectivity index (χ1v) is 9.45. The third kappa shape index (κ3) is 4.86. The van der Waals surface area contributed by atoms with Crippen LogP contribution in [0, 0.1) is 20.2 Å². The van der Waals surface area contributed by atoms with Gasteiger partial charge in [0.15, 0.2) is 0 Å². The van der Waals surface area contributed by atoms with E-state index in [1.54, 1.807) is 11.0 Å². The number of nitro groups is 2. The maximum Gasteiger partial charge on any atom is 0.322 e. The van der Waals surface area contributed by atoms with E-state index in [2.05, 4.69) is 16.0 Å². The highest BCUT2D eigenvalue weighted by Gasteiger charge is 2.24. The van der Waals surface area contributed by atoms with Gasteiger partial charge in [0.1, 0.15) is 0 Å². The van der Waals surface area contributed by atoms with Gasteiger partial charge in [0.2, 0.25) is 0 Å². The van der Waals surface area contributed by atoms with Crippen molar-refractivity contribution in [1.29, 1.82) is 0 Å². The Morgan fingerprint density at radius 1 is 0.935 bits per heavy atom. The van der Waals surface area contributed by atoms with Gasteiger partial charge in [-0.05, 0) is 18.6 Å². The summed E-state index contributed by atoms with van der Waals surface area (Å²) in [5.74, 6) is 0. The maximum absolute atomic E-state index is 11.6. The summed E-state index contributed by atoms with van der Waals surface area (Å²) in [4.78, 5) is 44.4. The summed E-state index contributed by atoms with van der Waals surface area (Å²) >= 11 is 0. The topological polar surface area (TPSA) is 160 Å². The molecular formula is C19H20N6O6. The number of amides is 4. The highest BCUT2D eigenvalue weighted by Crippen LogP contribution is 2.28. The number of hydrogen-bond acceptors (Lipinski definition) is 6. The molecule has 31 heavy (non-hydrogen) atoms. The summed E-state index contributed by atoms with van der Waals surface area (Å²) < 4.78 is 0. The van der Waals surface area contributed by atoms with E-state index in [1.807, 2.05) is 6.92 Å². The zero-order valence-electron chi connectivity index (χ0n) is 16.6. The fraction of sp³-hybridized carbons (Fsp3) is 0.263. The first kappa shape index (κ1) is 21.5. The largest absolute Gasteiger partial charge is 0.334 e. The molecule has 0 radical (unpaired) electrons. The number of benzene rings is 2. The Morgan fingerprint density at radius 2 is 1.55 bits per heavy atom. The van der Waals surface area contributed by atoms with Crippen molar-refractivity contribution in [1.82, 2.24) is 10.6 Å². The summed E-state index contributed by atoms with van der Waals surface area (Å²) in [5, 5.41) is 28.9. The van der Waals surface area contributed by atoms with Gasteiger partial charge in [-0.1, -0.05) is 6.92 Å². The second-order valence-corrected chi connectivity index (χ2v) is 6.79. The number of fused-ring (bicyclic) bond motifs is 2. The first-order valence-electron chi connectivity index (χ1n) is 9.45. The number of nitrogens with zero attached hydrogens (tertiary/aromatic N) is 3. The lowest BCUT2D eigenvalue weighted by Gasteiger charge is -2.29. The number of carbonyl (C=O) groups is 2. The monoisotopic (exact) mass is 428 g/mol. The molecule has 0 unspecified atom stereocenters. The van der Waals surface area contributed by atoms with Crippen LogP contribution in [0.5, 0.6) is 0 Å². The molecule has 12 heteroatoms. The van der Waals surface area contributed by atoms with Gasteiger partial charge in [-0.15, -0.1) is 0 Å². The Kier molecular flexibility index (Phi) is 6.29. The predicted octanol–water partition coefficient (Wildman–Crippen LogP) is 3.26. The standard InChI is InChI=1S/C11H13N3O3.C8H7N3O3/c1-2-5-13-10-4-3-9(14(16)17)6-8(10)7-12-11(13)15;12-8-9-4-5-3-6(11(13)14)1-2-7(5)10-8/h3-4,6H,2,5,7H2,1H3,(H,12,15);1-3H,4H2,(H2,9,10,12). The maximum atomic E-state index is 11.6. The Bertz CT molecular complexity index is 1060. The molecule has 0 fully saturated rings. The van der Waals surface area contributed by atoms with E-state index in [1.165, 1.54) is 30.3 Å². The molecule has 0 saturated carbocycles. The smallest absolute Gasteiger partial charge is 0.322 e. The van der Waals surface area contributed by atoms with E-state index in [-0.39, 0.29) is 23.4 Å². The molecular weight excluding hydrogens is 408 g/mol. The minimum Gasteiger partial charge on any atom is -0.334 e. The molecule has 3 N–H and O–H groups in total. The van der Waals surface area contributed by atoms with Crippen LogP contribution >= 0.6 is 0 Å². The van der Waals surface area contributed by atoms with E-state index >= 15 is 0 Å². The van der Waals surface area contributed by atoms with E-state index < -0.39 is 9.85 Å². The van der Waals surface area contributed by atoms with Crippen molar-refractivity contribution >= 4 is 34.8 Å². The molecule has 0 aliphatic carbocycles. The highest BCUT2D eigenvalue weighted by molar-refractivity contribution is 5.95. The molecule has 0 bridgehead atoms. The fourth-order valence-electron chi connectivity index (χ4n) is 3.22. The first-order chi connectivity index (χ1) is 14.8. The lowest BCUT2D eigenvalue weighted by atomic mass is 10.1. The molecule has 0 aromatic heterocycles. The van der Waals surface area contributed by atoms with Crippen molar-refractivity contribution in [3.05, 3.63) is 67.8 Å². The van der Waals surface area contributed by atoms with E-state index in [9.17, 15) is 29.8 Å². The quantitative estimate of drug-likeness (QED) is 0.500. The summed E-state index contributed by atoms with van der Waals surface area (Å²) in [6.07, 6.45) is 0.837. The van der Waals surface area contributed by atoms with Gasteiger partial charge in [0.25, 0.3) is 11.4 Å². The van der Waals surface area contributed by atoms with E-state index in [4.69, 9.17) is 0 Å². The van der Waals surface area contributed by atoms with Crippen LogP contribution in [0.3, 0.4) is 0 Å². The van der Waals surface area contributed by atoms with Crippen LogP contribution in [0.1, 0.15) is 24.5 Å². The van der Waals surface area contributed by atoms with Gasteiger partial charge in [-0.2, -0.15) is 0 Å². The molecule has 0 saturated heterocycles. The molecule has 0 atom stereocenters. The zero-order chi connectivity index (χ0) is 22.5. The summed E-state index contributed by atoms with van der Waals surface area (Å²) in [7, 11) is 0. The molecule has 4 amide bonds. The molecule has 12 nitrogen and oxygen atoms in total. The van der Waals surface area contributed by atoms with Crippen LogP contribution in [0.4, 0.5) is 32.3 Å². The Labute approximate surface area is 176 Å².